The van der Waals surface area contributed by atoms with Crippen molar-refractivity contribution in [3.05, 3.63) is 54.1 Å². The molecule has 0 aliphatic heterocycles. The van der Waals surface area contributed by atoms with Crippen LogP contribution in [0.25, 0.3) is 6.08 Å². The van der Waals surface area contributed by atoms with Crippen molar-refractivity contribution in [2.75, 3.05) is 0 Å². The maximum atomic E-state index is 11.3. The van der Waals surface area contributed by atoms with Crippen LogP contribution in [0.2, 0.25) is 0 Å². The zero-order chi connectivity index (χ0) is 11.8. The Morgan fingerprint density at radius 1 is 1.38 bits per heavy atom. The van der Waals surface area contributed by atoms with Gasteiger partial charge in [-0.2, -0.15) is 0 Å². The Labute approximate surface area is 96.5 Å². The largest absolute Gasteiger partial charge is 0.280 e. The maximum Gasteiger partial charge on any atom is 0.228 e. The van der Waals surface area contributed by atoms with Crippen molar-refractivity contribution in [2.45, 2.75) is 13.3 Å². The van der Waals surface area contributed by atoms with E-state index >= 15 is 0 Å². The molecule has 1 aromatic carbocycles. The van der Waals surface area contributed by atoms with Gasteiger partial charge in [0.15, 0.2) is 0 Å². The van der Waals surface area contributed by atoms with Gasteiger partial charge in [0, 0.05) is 6.42 Å². The molecule has 16 heavy (non-hydrogen) atoms. The van der Waals surface area contributed by atoms with E-state index in [1.165, 1.54) is 6.08 Å². The fourth-order valence-corrected chi connectivity index (χ4v) is 1.06. The van der Waals surface area contributed by atoms with Gasteiger partial charge < -0.3 is 0 Å². The molecule has 0 atom stereocenters. The van der Waals surface area contributed by atoms with Crippen LogP contribution in [0.4, 0.5) is 0 Å². The summed E-state index contributed by atoms with van der Waals surface area (Å²) in [4.78, 5) is 11.3. The Balaban J connectivity index is 2.54. The van der Waals surface area contributed by atoms with Gasteiger partial charge in [-0.05, 0) is 24.5 Å². The molecule has 80 valence electrons. The smallest absolute Gasteiger partial charge is 0.228 e. The third-order valence-electron chi connectivity index (χ3n) is 1.83. The van der Waals surface area contributed by atoms with E-state index in [0.717, 1.165) is 11.1 Å². The molecule has 0 heterocycles. The summed E-state index contributed by atoms with van der Waals surface area (Å²) in [5.41, 5.74) is 1.96. The van der Waals surface area contributed by atoms with E-state index in [0.29, 0.717) is 6.42 Å². The predicted octanol–water partition coefficient (Wildman–Crippen LogP) is 3.24. The zero-order valence-corrected chi connectivity index (χ0v) is 9.36. The SMILES string of the molecule is C=C(C)CC#CC(=O)/C=C/c1ccccc1. The molecule has 1 nitrogen and oxygen atoms in total. The number of hydrogen-bond donors (Lipinski definition) is 0. The number of hydrogen-bond acceptors (Lipinski definition) is 1. The summed E-state index contributed by atoms with van der Waals surface area (Å²) in [7, 11) is 0. The number of ketones is 1. The molecule has 0 N–H and O–H groups in total. The maximum absolute atomic E-state index is 11.3. The Bertz CT molecular complexity index is 455. The lowest BCUT2D eigenvalue weighted by molar-refractivity contribution is -0.109. The van der Waals surface area contributed by atoms with Gasteiger partial charge in [-0.1, -0.05) is 54.5 Å². The van der Waals surface area contributed by atoms with Crippen LogP contribution < -0.4 is 0 Å². The first kappa shape index (κ1) is 12.0. The fourth-order valence-electron chi connectivity index (χ4n) is 1.06. The van der Waals surface area contributed by atoms with Crippen molar-refractivity contribution >= 4 is 11.9 Å². The van der Waals surface area contributed by atoms with Crippen molar-refractivity contribution in [2.24, 2.45) is 0 Å². The number of rotatable bonds is 3. The molecular formula is C15H14O. The average molecular weight is 210 g/mol. The van der Waals surface area contributed by atoms with E-state index in [9.17, 15) is 4.79 Å². The summed E-state index contributed by atoms with van der Waals surface area (Å²) in [5.74, 6) is 5.14. The van der Waals surface area contributed by atoms with Crippen LogP contribution in [0.15, 0.2) is 48.6 Å². The molecule has 0 saturated carbocycles. The Kier molecular flexibility index (Phi) is 4.82. The summed E-state index contributed by atoms with van der Waals surface area (Å²) >= 11 is 0. The van der Waals surface area contributed by atoms with Crippen LogP contribution in [-0.4, -0.2) is 5.78 Å². The minimum absolute atomic E-state index is 0.176. The third-order valence-corrected chi connectivity index (χ3v) is 1.83. The van der Waals surface area contributed by atoms with Crippen LogP contribution in [0.1, 0.15) is 18.9 Å². The number of carbonyl (C=O) groups is 1. The first-order chi connectivity index (χ1) is 7.68. The van der Waals surface area contributed by atoms with E-state index in [4.69, 9.17) is 0 Å². The highest BCUT2D eigenvalue weighted by Gasteiger charge is 1.88. The molecule has 0 aliphatic carbocycles. The first-order valence-electron chi connectivity index (χ1n) is 5.09. The molecule has 0 amide bonds. The molecule has 1 aromatic rings. The molecule has 0 saturated heterocycles. The minimum Gasteiger partial charge on any atom is -0.280 e. The normalized spacial score (nSPS) is 9.56. The molecule has 0 aliphatic rings. The van der Waals surface area contributed by atoms with Crippen LogP contribution >= 0.6 is 0 Å². The van der Waals surface area contributed by atoms with Crippen molar-refractivity contribution < 1.29 is 4.79 Å². The Hall–Kier alpha value is -2.07. The van der Waals surface area contributed by atoms with Crippen molar-refractivity contribution in [3.8, 4) is 11.8 Å². The molecule has 0 radical (unpaired) electrons. The first-order valence-corrected chi connectivity index (χ1v) is 5.09. The second-order valence-corrected chi connectivity index (χ2v) is 3.54. The quantitative estimate of drug-likeness (QED) is 0.324. The highest BCUT2D eigenvalue weighted by atomic mass is 16.1. The van der Waals surface area contributed by atoms with Gasteiger partial charge in [-0.25, -0.2) is 0 Å². The van der Waals surface area contributed by atoms with E-state index in [1.54, 1.807) is 6.08 Å². The summed E-state index contributed by atoms with van der Waals surface area (Å²) in [6.07, 6.45) is 3.82. The second-order valence-electron chi connectivity index (χ2n) is 3.54. The fraction of sp³-hybridized carbons (Fsp3) is 0.133. The lowest BCUT2D eigenvalue weighted by Gasteiger charge is -1.88. The summed E-state index contributed by atoms with van der Waals surface area (Å²) in [5, 5.41) is 0. The second kappa shape index (κ2) is 6.42. The predicted molar refractivity (Wildman–Crippen MR) is 67.7 cm³/mol. The number of allylic oxidation sites excluding steroid dienone is 2. The molecule has 0 aromatic heterocycles. The van der Waals surface area contributed by atoms with Crippen LogP contribution in [0, 0.1) is 11.8 Å². The van der Waals surface area contributed by atoms with Gasteiger partial charge in [0.2, 0.25) is 5.78 Å². The van der Waals surface area contributed by atoms with Crippen LogP contribution in [0.5, 0.6) is 0 Å². The zero-order valence-electron chi connectivity index (χ0n) is 9.36. The molecule has 1 rings (SSSR count). The van der Waals surface area contributed by atoms with Crippen LogP contribution in [0.3, 0.4) is 0 Å². The highest BCUT2D eigenvalue weighted by Crippen LogP contribution is 2.00. The van der Waals surface area contributed by atoms with Gasteiger partial charge in [0.05, 0.1) is 0 Å². The van der Waals surface area contributed by atoms with Gasteiger partial charge in [-0.3, -0.25) is 4.79 Å². The summed E-state index contributed by atoms with van der Waals surface area (Å²) in [6, 6.07) is 9.66. The van der Waals surface area contributed by atoms with Crippen molar-refractivity contribution in [1.29, 1.82) is 0 Å². The lowest BCUT2D eigenvalue weighted by Crippen LogP contribution is -1.85. The standard InChI is InChI=1S/C15H14O/c1-13(2)7-6-10-15(16)12-11-14-8-4-3-5-9-14/h3-5,8-9,11-12H,1,7H2,2H3/b12-11+. The number of carbonyl (C=O) groups excluding carboxylic acids is 1. The molecule has 0 unspecified atom stereocenters. The van der Waals surface area contributed by atoms with Gasteiger partial charge in [-0.15, -0.1) is 0 Å². The highest BCUT2D eigenvalue weighted by molar-refractivity contribution is 6.06. The third kappa shape index (κ3) is 4.97. The van der Waals surface area contributed by atoms with E-state index in [1.807, 2.05) is 37.3 Å². The lowest BCUT2D eigenvalue weighted by atomic mass is 10.2. The van der Waals surface area contributed by atoms with Gasteiger partial charge in [0.1, 0.15) is 0 Å². The van der Waals surface area contributed by atoms with Gasteiger partial charge in [0.25, 0.3) is 0 Å². The monoisotopic (exact) mass is 210 g/mol. The van der Waals surface area contributed by atoms with E-state index < -0.39 is 0 Å². The molecule has 0 bridgehead atoms. The average Bonchev–Trinajstić information content (AvgIpc) is 2.27. The molecule has 0 fully saturated rings. The number of benzene rings is 1. The summed E-state index contributed by atoms with van der Waals surface area (Å²) in [6.45, 7) is 5.60. The Morgan fingerprint density at radius 2 is 2.06 bits per heavy atom. The molecular weight excluding hydrogens is 196 g/mol. The van der Waals surface area contributed by atoms with Crippen molar-refractivity contribution in [1.82, 2.24) is 0 Å². The van der Waals surface area contributed by atoms with Crippen molar-refractivity contribution in [3.63, 3.8) is 0 Å². The molecule has 0 spiro atoms. The topological polar surface area (TPSA) is 17.1 Å². The van der Waals surface area contributed by atoms with E-state index in [-0.39, 0.29) is 5.78 Å². The van der Waals surface area contributed by atoms with Gasteiger partial charge >= 0.3 is 0 Å². The van der Waals surface area contributed by atoms with Crippen LogP contribution in [-0.2, 0) is 4.79 Å². The molecule has 1 heteroatoms. The minimum atomic E-state index is -0.176. The Morgan fingerprint density at radius 3 is 2.69 bits per heavy atom. The summed E-state index contributed by atoms with van der Waals surface area (Å²) < 4.78 is 0. The van der Waals surface area contributed by atoms with E-state index in [2.05, 4.69) is 18.4 Å².